The molecule has 0 fully saturated rings. The van der Waals surface area contributed by atoms with Crippen LogP contribution in [0, 0.1) is 6.92 Å². The van der Waals surface area contributed by atoms with Crippen molar-refractivity contribution in [2.45, 2.75) is 25.8 Å². The van der Waals surface area contributed by atoms with E-state index in [2.05, 4.69) is 15.7 Å². The number of nitrogens with one attached hydrogen (secondary N) is 1. The van der Waals surface area contributed by atoms with E-state index in [-0.39, 0.29) is 0 Å². The minimum atomic E-state index is 0.346. The Kier molecular flexibility index (Phi) is 5.22. The maximum absolute atomic E-state index is 6.04. The van der Waals surface area contributed by atoms with Crippen molar-refractivity contribution in [3.8, 4) is 0 Å². The number of aromatic nitrogens is 1. The normalized spacial score (nSPS) is 12.6. The molecule has 2 aromatic rings. The van der Waals surface area contributed by atoms with Gasteiger partial charge in [0.1, 0.15) is 0 Å². The van der Waals surface area contributed by atoms with Crippen molar-refractivity contribution in [3.05, 3.63) is 49.9 Å². The lowest BCUT2D eigenvalue weighted by Gasteiger charge is -2.15. The average molecular weight is 315 g/mol. The number of hydrogen-bond donors (Lipinski definition) is 1. The molecule has 1 aromatic carbocycles. The summed E-state index contributed by atoms with van der Waals surface area (Å²) in [6.07, 6.45) is 1.82. The van der Waals surface area contributed by atoms with Crippen LogP contribution in [0.1, 0.15) is 16.3 Å². The molecule has 0 amide bonds. The molecule has 0 saturated carbocycles. The molecular formula is C14H16Cl2N2S. The third-order valence-corrected chi connectivity index (χ3v) is 4.56. The lowest BCUT2D eigenvalue weighted by molar-refractivity contribution is 0.551. The molecule has 1 unspecified atom stereocenters. The summed E-state index contributed by atoms with van der Waals surface area (Å²) in [5, 5.41) is 7.77. The molecule has 0 aliphatic heterocycles. The number of rotatable bonds is 5. The summed E-state index contributed by atoms with van der Waals surface area (Å²) in [6.45, 7) is 2.03. The van der Waals surface area contributed by atoms with Gasteiger partial charge in [-0.25, -0.2) is 4.98 Å². The highest BCUT2D eigenvalue weighted by atomic mass is 35.5. The number of thiazole rings is 1. The van der Waals surface area contributed by atoms with Gasteiger partial charge in [-0.1, -0.05) is 29.3 Å². The summed E-state index contributed by atoms with van der Waals surface area (Å²) in [6, 6.07) is 6.14. The molecule has 1 aromatic heterocycles. The number of nitrogens with zero attached hydrogens (tertiary/aromatic N) is 1. The van der Waals surface area contributed by atoms with Crippen LogP contribution in [-0.2, 0) is 12.8 Å². The van der Waals surface area contributed by atoms with Gasteiger partial charge in [-0.05, 0) is 38.1 Å². The molecule has 102 valence electrons. The zero-order chi connectivity index (χ0) is 13.8. The summed E-state index contributed by atoms with van der Waals surface area (Å²) < 4.78 is 0. The first-order valence-corrected chi connectivity index (χ1v) is 7.74. The van der Waals surface area contributed by atoms with E-state index in [0.29, 0.717) is 16.1 Å². The van der Waals surface area contributed by atoms with E-state index in [1.165, 1.54) is 5.56 Å². The van der Waals surface area contributed by atoms with Gasteiger partial charge in [0.15, 0.2) is 0 Å². The Morgan fingerprint density at radius 1 is 1.26 bits per heavy atom. The topological polar surface area (TPSA) is 24.9 Å². The molecule has 0 aliphatic rings. The Labute approximate surface area is 127 Å². The molecule has 0 saturated heterocycles. The van der Waals surface area contributed by atoms with E-state index in [9.17, 15) is 0 Å². The fourth-order valence-corrected chi connectivity index (χ4v) is 2.93. The van der Waals surface area contributed by atoms with Crippen LogP contribution in [0.25, 0.3) is 0 Å². The average Bonchev–Trinajstić information content (AvgIpc) is 2.78. The van der Waals surface area contributed by atoms with Gasteiger partial charge in [0.2, 0.25) is 0 Å². The van der Waals surface area contributed by atoms with Gasteiger partial charge in [-0.2, -0.15) is 0 Å². The van der Waals surface area contributed by atoms with Crippen molar-refractivity contribution in [2.24, 2.45) is 0 Å². The molecule has 5 heteroatoms. The Bertz CT molecular complexity index is 554. The van der Waals surface area contributed by atoms with E-state index in [1.54, 1.807) is 11.3 Å². The second-order valence-corrected chi connectivity index (χ2v) is 6.38. The molecule has 2 rings (SSSR count). The quantitative estimate of drug-likeness (QED) is 0.897. The number of benzene rings is 1. The molecule has 0 aliphatic carbocycles. The molecule has 0 radical (unpaired) electrons. The van der Waals surface area contributed by atoms with Crippen LogP contribution in [0.15, 0.2) is 23.6 Å². The smallest absolute Gasteiger partial charge is 0.0897 e. The standard InChI is InChI=1S/C14H16Cl2N2S/c1-9-18-12(8-19-9)7-11(17-2)5-10-3-4-13(15)14(16)6-10/h3-4,6,8,11,17H,5,7H2,1-2H3. The largest absolute Gasteiger partial charge is 0.316 e. The maximum atomic E-state index is 6.04. The SMILES string of the molecule is CNC(Cc1ccc(Cl)c(Cl)c1)Cc1csc(C)n1. The Morgan fingerprint density at radius 2 is 2.05 bits per heavy atom. The van der Waals surface area contributed by atoms with Gasteiger partial charge in [0.25, 0.3) is 0 Å². The van der Waals surface area contributed by atoms with Crippen molar-refractivity contribution in [2.75, 3.05) is 7.05 Å². The second kappa shape index (κ2) is 6.71. The molecule has 19 heavy (non-hydrogen) atoms. The molecule has 1 atom stereocenters. The van der Waals surface area contributed by atoms with Crippen LogP contribution in [0.5, 0.6) is 0 Å². The van der Waals surface area contributed by atoms with Crippen molar-refractivity contribution >= 4 is 34.5 Å². The van der Waals surface area contributed by atoms with E-state index >= 15 is 0 Å². The highest BCUT2D eigenvalue weighted by Gasteiger charge is 2.11. The second-order valence-electron chi connectivity index (χ2n) is 4.50. The van der Waals surface area contributed by atoms with Crippen molar-refractivity contribution in [1.29, 1.82) is 0 Å². The number of hydrogen-bond acceptors (Lipinski definition) is 3. The van der Waals surface area contributed by atoms with Crippen molar-refractivity contribution in [3.63, 3.8) is 0 Å². The highest BCUT2D eigenvalue weighted by Crippen LogP contribution is 2.23. The zero-order valence-corrected chi connectivity index (χ0v) is 13.2. The minimum absolute atomic E-state index is 0.346. The van der Waals surface area contributed by atoms with Crippen LogP contribution in [0.3, 0.4) is 0 Å². The van der Waals surface area contributed by atoms with E-state index in [1.807, 2.05) is 32.2 Å². The van der Waals surface area contributed by atoms with E-state index in [0.717, 1.165) is 23.5 Å². The third-order valence-electron chi connectivity index (χ3n) is 3.00. The van der Waals surface area contributed by atoms with Crippen LogP contribution < -0.4 is 5.32 Å². The van der Waals surface area contributed by atoms with Gasteiger partial charge in [0.05, 0.1) is 20.7 Å². The summed E-state index contributed by atoms with van der Waals surface area (Å²) in [7, 11) is 1.97. The minimum Gasteiger partial charge on any atom is -0.316 e. The van der Waals surface area contributed by atoms with E-state index < -0.39 is 0 Å². The van der Waals surface area contributed by atoms with Crippen LogP contribution in [0.2, 0.25) is 10.0 Å². The van der Waals surface area contributed by atoms with E-state index in [4.69, 9.17) is 23.2 Å². The first-order chi connectivity index (χ1) is 9.08. The molecule has 1 heterocycles. The lowest BCUT2D eigenvalue weighted by atomic mass is 10.0. The number of aryl methyl sites for hydroxylation is 1. The Balaban J connectivity index is 2.04. The van der Waals surface area contributed by atoms with Gasteiger partial charge >= 0.3 is 0 Å². The number of likely N-dealkylation sites (N-methyl/N-ethyl adjacent to an activating group) is 1. The lowest BCUT2D eigenvalue weighted by Crippen LogP contribution is -2.30. The molecule has 1 N–H and O–H groups in total. The molecule has 2 nitrogen and oxygen atoms in total. The number of halogens is 2. The molecule has 0 spiro atoms. The van der Waals surface area contributed by atoms with Gasteiger partial charge < -0.3 is 5.32 Å². The van der Waals surface area contributed by atoms with Gasteiger partial charge in [-0.3, -0.25) is 0 Å². The fraction of sp³-hybridized carbons (Fsp3) is 0.357. The maximum Gasteiger partial charge on any atom is 0.0897 e. The first kappa shape index (κ1) is 14.8. The third kappa shape index (κ3) is 4.18. The Hall–Kier alpha value is -0.610. The highest BCUT2D eigenvalue weighted by molar-refractivity contribution is 7.09. The predicted molar refractivity (Wildman–Crippen MR) is 83.6 cm³/mol. The van der Waals surface area contributed by atoms with Crippen LogP contribution in [-0.4, -0.2) is 18.1 Å². The van der Waals surface area contributed by atoms with Crippen molar-refractivity contribution < 1.29 is 0 Å². The van der Waals surface area contributed by atoms with Crippen LogP contribution in [0.4, 0.5) is 0 Å². The summed E-state index contributed by atoms with van der Waals surface area (Å²) in [4.78, 5) is 4.50. The fourth-order valence-electron chi connectivity index (χ4n) is 1.98. The van der Waals surface area contributed by atoms with Gasteiger partial charge in [-0.15, -0.1) is 11.3 Å². The zero-order valence-electron chi connectivity index (χ0n) is 10.9. The Morgan fingerprint density at radius 3 is 2.63 bits per heavy atom. The summed E-state index contributed by atoms with van der Waals surface area (Å²) in [5.74, 6) is 0. The van der Waals surface area contributed by atoms with Crippen molar-refractivity contribution in [1.82, 2.24) is 10.3 Å². The van der Waals surface area contributed by atoms with Crippen LogP contribution >= 0.6 is 34.5 Å². The monoisotopic (exact) mass is 314 g/mol. The first-order valence-electron chi connectivity index (χ1n) is 6.10. The molecular weight excluding hydrogens is 299 g/mol. The summed E-state index contributed by atoms with van der Waals surface area (Å²) in [5.41, 5.74) is 2.32. The predicted octanol–water partition coefficient (Wildman–Crippen LogP) is 4.13. The van der Waals surface area contributed by atoms with Gasteiger partial charge in [0, 0.05) is 17.8 Å². The summed E-state index contributed by atoms with van der Waals surface area (Å²) >= 11 is 13.7. The molecule has 0 bridgehead atoms.